The largest absolute Gasteiger partial charge is 0.466 e. The Morgan fingerprint density at radius 1 is 1.67 bits per heavy atom. The van der Waals surface area contributed by atoms with Crippen molar-refractivity contribution in [1.82, 2.24) is 4.90 Å². The second kappa shape index (κ2) is 5.74. The lowest BCUT2D eigenvalue weighted by Gasteiger charge is -2.14. The van der Waals surface area contributed by atoms with Crippen LogP contribution >= 0.6 is 0 Å². The summed E-state index contributed by atoms with van der Waals surface area (Å²) in [5, 5.41) is 8.56. The van der Waals surface area contributed by atoms with Gasteiger partial charge in [0.15, 0.2) is 0 Å². The fourth-order valence-electron chi connectivity index (χ4n) is 0.784. The lowest BCUT2D eigenvalue weighted by Crippen LogP contribution is -2.26. The van der Waals surface area contributed by atoms with E-state index in [9.17, 15) is 4.79 Å². The fraction of sp³-hybridized carbons (Fsp3) is 0.625. The summed E-state index contributed by atoms with van der Waals surface area (Å²) in [6.07, 6.45) is 0. The van der Waals surface area contributed by atoms with Gasteiger partial charge in [0.1, 0.15) is 0 Å². The van der Waals surface area contributed by atoms with Gasteiger partial charge in [-0.15, -0.1) is 0 Å². The number of carbonyl (C=O) groups excluding carboxylic acids is 1. The van der Waals surface area contributed by atoms with E-state index in [1.54, 1.807) is 11.9 Å². The first-order chi connectivity index (χ1) is 5.61. The summed E-state index contributed by atoms with van der Waals surface area (Å²) < 4.78 is 4.46. The number of esters is 1. The third-order valence-corrected chi connectivity index (χ3v) is 1.42. The highest BCUT2D eigenvalue weighted by Gasteiger charge is 2.08. The molecule has 0 aliphatic carbocycles. The van der Waals surface area contributed by atoms with E-state index in [2.05, 4.69) is 11.3 Å². The Balaban J connectivity index is 3.76. The molecule has 4 heteroatoms. The molecule has 0 saturated heterocycles. The van der Waals surface area contributed by atoms with Crippen LogP contribution in [0.15, 0.2) is 12.2 Å². The lowest BCUT2D eigenvalue weighted by molar-refractivity contribution is -0.136. The van der Waals surface area contributed by atoms with Gasteiger partial charge in [-0.2, -0.15) is 0 Å². The van der Waals surface area contributed by atoms with E-state index in [4.69, 9.17) is 5.11 Å². The Morgan fingerprint density at radius 2 is 2.25 bits per heavy atom. The molecule has 1 N–H and O–H groups in total. The zero-order valence-electron chi connectivity index (χ0n) is 7.54. The molecule has 12 heavy (non-hydrogen) atoms. The molecule has 0 aromatic rings. The van der Waals surface area contributed by atoms with E-state index in [0.29, 0.717) is 18.7 Å². The van der Waals surface area contributed by atoms with E-state index in [0.717, 1.165) is 0 Å². The highest BCUT2D eigenvalue weighted by atomic mass is 16.5. The first-order valence-electron chi connectivity index (χ1n) is 3.67. The Bertz CT molecular complexity index is 168. The quantitative estimate of drug-likeness (QED) is 0.455. The number of nitrogens with zero attached hydrogens (tertiary/aromatic N) is 1. The number of aliphatic hydroxyl groups excluding tert-OH is 1. The van der Waals surface area contributed by atoms with Crippen molar-refractivity contribution in [3.8, 4) is 0 Å². The molecule has 4 nitrogen and oxygen atoms in total. The summed E-state index contributed by atoms with van der Waals surface area (Å²) in [6.45, 7) is 4.57. The number of hydrogen-bond acceptors (Lipinski definition) is 4. The molecule has 0 atom stereocenters. The van der Waals surface area contributed by atoms with Gasteiger partial charge in [-0.05, 0) is 7.05 Å². The summed E-state index contributed by atoms with van der Waals surface area (Å²) in [7, 11) is 3.11. The third-order valence-electron chi connectivity index (χ3n) is 1.42. The maximum absolute atomic E-state index is 10.8. The molecule has 0 rings (SSSR count). The zero-order valence-corrected chi connectivity index (χ0v) is 7.54. The summed E-state index contributed by atoms with van der Waals surface area (Å²) in [5.74, 6) is -0.403. The minimum absolute atomic E-state index is 0.0744. The number of likely N-dealkylation sites (N-methyl/N-ethyl adjacent to an activating group) is 1. The number of hydrogen-bond donors (Lipinski definition) is 1. The van der Waals surface area contributed by atoms with Gasteiger partial charge < -0.3 is 9.84 Å². The third kappa shape index (κ3) is 4.10. The molecule has 0 saturated carbocycles. The number of aliphatic hydroxyl groups is 1. The normalized spacial score (nSPS) is 10.0. The van der Waals surface area contributed by atoms with Crippen molar-refractivity contribution in [3.05, 3.63) is 12.2 Å². The van der Waals surface area contributed by atoms with Gasteiger partial charge in [0.2, 0.25) is 0 Å². The monoisotopic (exact) mass is 173 g/mol. The van der Waals surface area contributed by atoms with E-state index in [1.807, 2.05) is 0 Å². The predicted octanol–water partition coefficient (Wildman–Crippen LogP) is -0.360. The average Bonchev–Trinajstić information content (AvgIpc) is 2.03. The Labute approximate surface area is 72.4 Å². The summed E-state index contributed by atoms with van der Waals surface area (Å²) in [6, 6.07) is 0. The van der Waals surface area contributed by atoms with Crippen LogP contribution in [0.4, 0.5) is 0 Å². The number of rotatable bonds is 5. The first kappa shape index (κ1) is 11.1. The minimum Gasteiger partial charge on any atom is -0.466 e. The van der Waals surface area contributed by atoms with Crippen LogP contribution in [0.5, 0.6) is 0 Å². The number of ether oxygens (including phenoxy) is 1. The van der Waals surface area contributed by atoms with Gasteiger partial charge in [0.25, 0.3) is 0 Å². The molecule has 0 amide bonds. The molecule has 0 spiro atoms. The highest BCUT2D eigenvalue weighted by Crippen LogP contribution is 1.96. The first-order valence-corrected chi connectivity index (χ1v) is 3.67. The predicted molar refractivity (Wildman–Crippen MR) is 45.7 cm³/mol. The molecule has 0 bridgehead atoms. The van der Waals surface area contributed by atoms with Crippen molar-refractivity contribution in [1.29, 1.82) is 0 Å². The molecule has 0 fully saturated rings. The molecule has 0 radical (unpaired) electrons. The number of methoxy groups -OCH3 is 1. The summed E-state index contributed by atoms with van der Waals surface area (Å²) >= 11 is 0. The summed E-state index contributed by atoms with van der Waals surface area (Å²) in [5.41, 5.74) is 0.397. The average molecular weight is 173 g/mol. The van der Waals surface area contributed by atoms with Crippen LogP contribution in [-0.4, -0.2) is 49.8 Å². The van der Waals surface area contributed by atoms with Crippen LogP contribution in [0.3, 0.4) is 0 Å². The highest BCUT2D eigenvalue weighted by molar-refractivity contribution is 5.87. The Kier molecular flexibility index (Phi) is 5.32. The van der Waals surface area contributed by atoms with Crippen molar-refractivity contribution in [2.45, 2.75) is 0 Å². The standard InChI is InChI=1S/C8H15NO3/c1-7(8(11)12-3)6-9(2)4-5-10/h10H,1,4-6H2,2-3H3. The molecule has 0 aromatic heterocycles. The second-order valence-corrected chi connectivity index (χ2v) is 2.56. The van der Waals surface area contributed by atoms with Crippen LogP contribution in [0.2, 0.25) is 0 Å². The van der Waals surface area contributed by atoms with Crippen molar-refractivity contribution in [2.24, 2.45) is 0 Å². The minimum atomic E-state index is -0.403. The van der Waals surface area contributed by atoms with Gasteiger partial charge in [-0.25, -0.2) is 4.79 Å². The molecular formula is C8H15NO3. The Morgan fingerprint density at radius 3 is 2.67 bits per heavy atom. The molecular weight excluding hydrogens is 158 g/mol. The van der Waals surface area contributed by atoms with Crippen LogP contribution in [0.1, 0.15) is 0 Å². The van der Waals surface area contributed by atoms with Gasteiger partial charge in [0.05, 0.1) is 13.7 Å². The van der Waals surface area contributed by atoms with Gasteiger partial charge in [-0.3, -0.25) is 4.90 Å². The SMILES string of the molecule is C=C(CN(C)CCO)C(=O)OC. The van der Waals surface area contributed by atoms with Gasteiger partial charge >= 0.3 is 5.97 Å². The lowest BCUT2D eigenvalue weighted by atomic mass is 10.3. The molecule has 0 aromatic carbocycles. The fourth-order valence-corrected chi connectivity index (χ4v) is 0.784. The number of carbonyl (C=O) groups is 1. The molecule has 0 unspecified atom stereocenters. The van der Waals surface area contributed by atoms with E-state index in [-0.39, 0.29) is 6.61 Å². The molecule has 0 heterocycles. The van der Waals surface area contributed by atoms with Crippen molar-refractivity contribution in [3.63, 3.8) is 0 Å². The van der Waals surface area contributed by atoms with Crippen LogP contribution in [0.25, 0.3) is 0 Å². The topological polar surface area (TPSA) is 49.8 Å². The van der Waals surface area contributed by atoms with E-state index >= 15 is 0 Å². The molecule has 0 aliphatic heterocycles. The van der Waals surface area contributed by atoms with Crippen molar-refractivity contribution >= 4 is 5.97 Å². The van der Waals surface area contributed by atoms with Crippen LogP contribution < -0.4 is 0 Å². The Hall–Kier alpha value is -0.870. The van der Waals surface area contributed by atoms with Crippen molar-refractivity contribution in [2.75, 3.05) is 33.9 Å². The second-order valence-electron chi connectivity index (χ2n) is 2.56. The molecule has 70 valence electrons. The van der Waals surface area contributed by atoms with Crippen LogP contribution in [-0.2, 0) is 9.53 Å². The maximum Gasteiger partial charge on any atom is 0.334 e. The summed E-state index contributed by atoms with van der Waals surface area (Å²) in [4.78, 5) is 12.6. The molecule has 0 aliphatic rings. The van der Waals surface area contributed by atoms with Crippen molar-refractivity contribution < 1.29 is 14.6 Å². The smallest absolute Gasteiger partial charge is 0.334 e. The zero-order chi connectivity index (χ0) is 9.56. The van der Waals surface area contributed by atoms with Crippen LogP contribution in [0, 0.1) is 0 Å². The van der Waals surface area contributed by atoms with Gasteiger partial charge in [0, 0.05) is 18.7 Å². The van der Waals surface area contributed by atoms with E-state index < -0.39 is 5.97 Å². The van der Waals surface area contributed by atoms with Gasteiger partial charge in [-0.1, -0.05) is 6.58 Å². The maximum atomic E-state index is 10.8. The van der Waals surface area contributed by atoms with E-state index in [1.165, 1.54) is 7.11 Å².